The SMILES string of the molecule is Cc1c(O)csc1C(=O)OC(C)(C)C. The molecule has 0 saturated carbocycles. The second-order valence-corrected chi connectivity index (χ2v) is 4.96. The molecule has 1 heterocycles. The lowest BCUT2D eigenvalue weighted by molar-refractivity contribution is 0.00742. The van der Waals surface area contributed by atoms with Gasteiger partial charge in [-0.05, 0) is 27.7 Å². The Kier molecular flexibility index (Phi) is 2.85. The molecule has 3 nitrogen and oxygen atoms in total. The van der Waals surface area contributed by atoms with E-state index in [1.165, 1.54) is 16.7 Å². The maximum absolute atomic E-state index is 11.6. The first-order valence-electron chi connectivity index (χ1n) is 4.31. The van der Waals surface area contributed by atoms with E-state index in [1.807, 2.05) is 20.8 Å². The van der Waals surface area contributed by atoms with E-state index in [0.29, 0.717) is 10.4 Å². The van der Waals surface area contributed by atoms with Crippen molar-refractivity contribution in [3.05, 3.63) is 15.8 Å². The summed E-state index contributed by atoms with van der Waals surface area (Å²) in [6, 6.07) is 0. The molecule has 0 amide bonds. The number of hydrogen-bond donors (Lipinski definition) is 1. The Morgan fingerprint density at radius 2 is 2.07 bits per heavy atom. The summed E-state index contributed by atoms with van der Waals surface area (Å²) in [4.78, 5) is 12.0. The van der Waals surface area contributed by atoms with E-state index >= 15 is 0 Å². The Labute approximate surface area is 87.3 Å². The van der Waals surface area contributed by atoms with Gasteiger partial charge in [-0.1, -0.05) is 0 Å². The van der Waals surface area contributed by atoms with Gasteiger partial charge in [0.2, 0.25) is 0 Å². The molecule has 0 bridgehead atoms. The number of rotatable bonds is 1. The average Bonchev–Trinajstić information content (AvgIpc) is 2.29. The van der Waals surface area contributed by atoms with Crippen LogP contribution in [-0.2, 0) is 4.74 Å². The Morgan fingerprint density at radius 3 is 2.43 bits per heavy atom. The van der Waals surface area contributed by atoms with Crippen molar-refractivity contribution < 1.29 is 14.6 Å². The Morgan fingerprint density at radius 1 is 1.50 bits per heavy atom. The van der Waals surface area contributed by atoms with Crippen LogP contribution < -0.4 is 0 Å². The predicted molar refractivity (Wildman–Crippen MR) is 55.9 cm³/mol. The molecule has 0 aromatic carbocycles. The van der Waals surface area contributed by atoms with E-state index in [2.05, 4.69) is 0 Å². The molecule has 0 aliphatic carbocycles. The summed E-state index contributed by atoms with van der Waals surface area (Å²) in [5.41, 5.74) is 0.0904. The van der Waals surface area contributed by atoms with Crippen LogP contribution in [0.3, 0.4) is 0 Å². The Hall–Kier alpha value is -1.03. The summed E-state index contributed by atoms with van der Waals surface area (Å²) in [7, 11) is 0. The molecule has 0 aliphatic heterocycles. The van der Waals surface area contributed by atoms with Crippen LogP contribution in [0.5, 0.6) is 5.75 Å². The molecule has 0 atom stereocenters. The van der Waals surface area contributed by atoms with Crippen molar-refractivity contribution in [1.82, 2.24) is 0 Å². The zero-order chi connectivity index (χ0) is 10.9. The number of ether oxygens (including phenoxy) is 1. The fourth-order valence-corrected chi connectivity index (χ4v) is 1.76. The summed E-state index contributed by atoms with van der Waals surface area (Å²) in [5.74, 6) is -0.226. The highest BCUT2D eigenvalue weighted by Gasteiger charge is 2.21. The fourth-order valence-electron chi connectivity index (χ4n) is 0.933. The molecule has 0 spiro atoms. The number of thiophene rings is 1. The van der Waals surface area contributed by atoms with Gasteiger partial charge >= 0.3 is 5.97 Å². The molecule has 0 saturated heterocycles. The third kappa shape index (κ3) is 2.48. The number of carbonyl (C=O) groups is 1. The predicted octanol–water partition coefficient (Wildman–Crippen LogP) is 2.72. The number of hydrogen-bond acceptors (Lipinski definition) is 4. The zero-order valence-corrected chi connectivity index (χ0v) is 9.57. The molecule has 0 unspecified atom stereocenters. The van der Waals surface area contributed by atoms with Gasteiger partial charge in [0.25, 0.3) is 0 Å². The van der Waals surface area contributed by atoms with E-state index in [-0.39, 0.29) is 11.7 Å². The maximum atomic E-state index is 11.6. The van der Waals surface area contributed by atoms with Crippen LogP contribution in [0.2, 0.25) is 0 Å². The minimum Gasteiger partial charge on any atom is -0.507 e. The molecule has 1 aromatic rings. The van der Waals surface area contributed by atoms with Gasteiger partial charge in [-0.2, -0.15) is 0 Å². The van der Waals surface area contributed by atoms with Crippen LogP contribution in [0.15, 0.2) is 5.38 Å². The van der Waals surface area contributed by atoms with Gasteiger partial charge in [-0.15, -0.1) is 11.3 Å². The van der Waals surface area contributed by atoms with Crippen molar-refractivity contribution in [1.29, 1.82) is 0 Å². The van der Waals surface area contributed by atoms with E-state index in [9.17, 15) is 9.90 Å². The molecule has 1 N–H and O–H groups in total. The highest BCUT2D eigenvalue weighted by atomic mass is 32.1. The molecular weight excluding hydrogens is 200 g/mol. The number of carbonyl (C=O) groups excluding carboxylic acids is 1. The van der Waals surface area contributed by atoms with E-state index in [4.69, 9.17) is 4.74 Å². The van der Waals surface area contributed by atoms with Crippen LogP contribution in [-0.4, -0.2) is 16.7 Å². The van der Waals surface area contributed by atoms with Crippen molar-refractivity contribution >= 4 is 17.3 Å². The molecule has 0 fully saturated rings. The number of aromatic hydroxyl groups is 1. The van der Waals surface area contributed by atoms with Gasteiger partial charge in [0, 0.05) is 10.9 Å². The molecule has 1 rings (SSSR count). The topological polar surface area (TPSA) is 46.5 Å². The van der Waals surface area contributed by atoms with Gasteiger partial charge in [-0.25, -0.2) is 4.79 Å². The zero-order valence-electron chi connectivity index (χ0n) is 8.75. The van der Waals surface area contributed by atoms with Crippen LogP contribution in [0.1, 0.15) is 36.0 Å². The first-order valence-corrected chi connectivity index (χ1v) is 5.19. The molecule has 4 heteroatoms. The monoisotopic (exact) mass is 214 g/mol. The molecule has 78 valence electrons. The first-order chi connectivity index (χ1) is 6.31. The van der Waals surface area contributed by atoms with Gasteiger partial charge in [0.05, 0.1) is 0 Å². The molecule has 1 aromatic heterocycles. The van der Waals surface area contributed by atoms with Crippen LogP contribution in [0, 0.1) is 6.92 Å². The third-order valence-electron chi connectivity index (χ3n) is 1.60. The smallest absolute Gasteiger partial charge is 0.349 e. The summed E-state index contributed by atoms with van der Waals surface area (Å²) in [5, 5.41) is 10.8. The van der Waals surface area contributed by atoms with Gasteiger partial charge in [0.1, 0.15) is 16.2 Å². The van der Waals surface area contributed by atoms with Crippen molar-refractivity contribution in [2.75, 3.05) is 0 Å². The van der Waals surface area contributed by atoms with Crippen LogP contribution in [0.4, 0.5) is 0 Å². The lowest BCUT2D eigenvalue weighted by Crippen LogP contribution is -2.23. The molecular formula is C10H14O3S. The summed E-state index contributed by atoms with van der Waals surface area (Å²) < 4.78 is 5.18. The van der Waals surface area contributed by atoms with E-state index in [1.54, 1.807) is 6.92 Å². The Balaban J connectivity index is 2.86. The average molecular weight is 214 g/mol. The lowest BCUT2D eigenvalue weighted by atomic mass is 10.2. The van der Waals surface area contributed by atoms with Gasteiger partial charge in [-0.3, -0.25) is 0 Å². The lowest BCUT2D eigenvalue weighted by Gasteiger charge is -2.19. The van der Waals surface area contributed by atoms with E-state index in [0.717, 1.165) is 0 Å². The van der Waals surface area contributed by atoms with Crippen molar-refractivity contribution in [3.8, 4) is 5.75 Å². The summed E-state index contributed by atoms with van der Waals surface area (Å²) in [6.45, 7) is 7.14. The van der Waals surface area contributed by atoms with Crippen molar-refractivity contribution in [2.45, 2.75) is 33.3 Å². The minimum atomic E-state index is -0.497. The molecule has 0 radical (unpaired) electrons. The molecule has 14 heavy (non-hydrogen) atoms. The van der Waals surface area contributed by atoms with Crippen molar-refractivity contribution in [3.63, 3.8) is 0 Å². The number of esters is 1. The highest BCUT2D eigenvalue weighted by molar-refractivity contribution is 7.12. The van der Waals surface area contributed by atoms with Crippen LogP contribution in [0.25, 0.3) is 0 Å². The van der Waals surface area contributed by atoms with E-state index < -0.39 is 5.60 Å². The third-order valence-corrected chi connectivity index (χ3v) is 2.65. The quantitative estimate of drug-likeness (QED) is 0.731. The first kappa shape index (κ1) is 11.0. The summed E-state index contributed by atoms with van der Waals surface area (Å²) in [6.07, 6.45) is 0. The van der Waals surface area contributed by atoms with Gasteiger partial charge in [0.15, 0.2) is 0 Å². The Bertz CT molecular complexity index is 347. The fraction of sp³-hybridized carbons (Fsp3) is 0.500. The minimum absolute atomic E-state index is 0.149. The molecule has 0 aliphatic rings. The van der Waals surface area contributed by atoms with Crippen molar-refractivity contribution in [2.24, 2.45) is 0 Å². The van der Waals surface area contributed by atoms with Gasteiger partial charge < -0.3 is 9.84 Å². The largest absolute Gasteiger partial charge is 0.507 e. The second-order valence-electron chi connectivity index (χ2n) is 4.08. The summed E-state index contributed by atoms with van der Waals surface area (Å²) >= 11 is 1.20. The van der Waals surface area contributed by atoms with Crippen LogP contribution >= 0.6 is 11.3 Å². The standard InChI is InChI=1S/C10H14O3S/c1-6-7(11)5-14-8(6)9(12)13-10(2,3)4/h5,11H,1-4H3. The second kappa shape index (κ2) is 3.61. The normalized spacial score (nSPS) is 11.4. The maximum Gasteiger partial charge on any atom is 0.349 e. The highest BCUT2D eigenvalue weighted by Crippen LogP contribution is 2.28.